The molecule has 0 atom stereocenters. The van der Waals surface area contributed by atoms with Gasteiger partial charge in [0.05, 0.1) is 33.1 Å². The van der Waals surface area contributed by atoms with Gasteiger partial charge >= 0.3 is 0 Å². The summed E-state index contributed by atoms with van der Waals surface area (Å²) in [6, 6.07) is 95.1. The molecule has 0 unspecified atom stereocenters. The first kappa shape index (κ1) is 44.3. The SMILES string of the molecule is c1ccc(-n2c3ccccc3c3c(-c4nc(-c5ccc(-n6c7ccccc7c7cc8ccccc8cc76)cc5-c5ccc6c(c5)oc5ccccc56)nc(-c5cccc6c5c5ccccc5n6-c5ccccc5)n4)cccc32)cc1. The second-order valence-corrected chi connectivity index (χ2v) is 20.7. The summed E-state index contributed by atoms with van der Waals surface area (Å²) in [6.45, 7) is 0. The number of furan rings is 1. The van der Waals surface area contributed by atoms with Crippen LogP contribution in [0.3, 0.4) is 0 Å². The van der Waals surface area contributed by atoms with E-state index < -0.39 is 0 Å². The summed E-state index contributed by atoms with van der Waals surface area (Å²) in [5, 5.41) is 11.3. The van der Waals surface area contributed by atoms with Crippen molar-refractivity contribution in [3.63, 3.8) is 0 Å². The zero-order valence-electron chi connectivity index (χ0n) is 43.0. The lowest BCUT2D eigenvalue weighted by molar-refractivity contribution is 0.669. The van der Waals surface area contributed by atoms with Crippen LogP contribution in [-0.4, -0.2) is 28.7 Å². The molecule has 0 radical (unpaired) electrons. The number of hydrogen-bond acceptors (Lipinski definition) is 4. The maximum absolute atomic E-state index is 6.64. The number of hydrogen-bond donors (Lipinski definition) is 0. The van der Waals surface area contributed by atoms with Crippen LogP contribution in [0.25, 0.3) is 160 Å². The summed E-state index contributed by atoms with van der Waals surface area (Å²) in [5.74, 6) is 1.71. The Labute approximate surface area is 458 Å². The highest BCUT2D eigenvalue weighted by Gasteiger charge is 2.25. The molecule has 7 heteroatoms. The Morgan fingerprint density at radius 2 is 0.725 bits per heavy atom. The van der Waals surface area contributed by atoms with E-state index in [1.54, 1.807) is 0 Å². The third kappa shape index (κ3) is 6.64. The maximum Gasteiger partial charge on any atom is 0.164 e. The number of para-hydroxylation sites is 6. The van der Waals surface area contributed by atoms with Crippen molar-refractivity contribution in [3.05, 3.63) is 267 Å². The smallest absolute Gasteiger partial charge is 0.164 e. The average molecular weight is 1020 g/mol. The van der Waals surface area contributed by atoms with Gasteiger partial charge in [-0.25, -0.2) is 15.0 Å². The highest BCUT2D eigenvalue weighted by atomic mass is 16.3. The van der Waals surface area contributed by atoms with Crippen LogP contribution in [0.1, 0.15) is 0 Å². The van der Waals surface area contributed by atoms with Crippen LogP contribution in [0.4, 0.5) is 0 Å². The monoisotopic (exact) mass is 1020 g/mol. The van der Waals surface area contributed by atoms with Crippen LogP contribution in [0.5, 0.6) is 0 Å². The molecule has 372 valence electrons. The first-order valence-electron chi connectivity index (χ1n) is 27.1. The normalized spacial score (nSPS) is 12.0. The highest BCUT2D eigenvalue weighted by molar-refractivity contribution is 6.18. The molecular weight excluding hydrogens is 977 g/mol. The molecule has 0 spiro atoms. The largest absolute Gasteiger partial charge is 0.456 e. The summed E-state index contributed by atoms with van der Waals surface area (Å²) >= 11 is 0. The first-order valence-corrected chi connectivity index (χ1v) is 27.1. The van der Waals surface area contributed by atoms with Gasteiger partial charge in [0.15, 0.2) is 17.5 Å². The molecule has 0 fully saturated rings. The van der Waals surface area contributed by atoms with Gasteiger partial charge in [-0.3, -0.25) is 0 Å². The topological polar surface area (TPSA) is 66.6 Å². The highest BCUT2D eigenvalue weighted by Crippen LogP contribution is 2.44. The van der Waals surface area contributed by atoms with Crippen LogP contribution >= 0.6 is 0 Å². The predicted molar refractivity (Wildman–Crippen MR) is 329 cm³/mol. The Balaban J connectivity index is 0.972. The van der Waals surface area contributed by atoms with Gasteiger partial charge in [0.25, 0.3) is 0 Å². The minimum atomic E-state index is 0.553. The Kier molecular flexibility index (Phi) is 9.58. The number of benzene rings is 12. The van der Waals surface area contributed by atoms with Crippen molar-refractivity contribution in [2.75, 3.05) is 0 Å². The van der Waals surface area contributed by atoms with Gasteiger partial charge in [-0.2, -0.15) is 0 Å². The van der Waals surface area contributed by atoms with Crippen LogP contribution < -0.4 is 0 Å². The summed E-state index contributed by atoms with van der Waals surface area (Å²) < 4.78 is 13.7. The number of aromatic nitrogens is 6. The van der Waals surface area contributed by atoms with E-state index in [9.17, 15) is 0 Å². The van der Waals surface area contributed by atoms with Gasteiger partial charge in [-0.1, -0.05) is 164 Å². The average Bonchev–Trinajstić information content (AvgIpc) is 4.28. The van der Waals surface area contributed by atoms with Crippen molar-refractivity contribution < 1.29 is 4.42 Å². The van der Waals surface area contributed by atoms with Crippen LogP contribution in [0.15, 0.2) is 271 Å². The van der Waals surface area contributed by atoms with Crippen molar-refractivity contribution in [1.29, 1.82) is 0 Å². The minimum Gasteiger partial charge on any atom is -0.456 e. The Morgan fingerprint density at radius 1 is 0.250 bits per heavy atom. The second-order valence-electron chi connectivity index (χ2n) is 20.7. The second kappa shape index (κ2) is 17.3. The summed E-state index contributed by atoms with van der Waals surface area (Å²) in [5.41, 5.74) is 16.0. The van der Waals surface area contributed by atoms with Gasteiger partial charge < -0.3 is 18.1 Å². The third-order valence-electron chi connectivity index (χ3n) is 16.3. The Morgan fingerprint density at radius 3 is 1.35 bits per heavy atom. The van der Waals surface area contributed by atoms with E-state index >= 15 is 0 Å². The molecule has 5 heterocycles. The predicted octanol–water partition coefficient (Wildman–Crippen LogP) is 18.9. The molecule has 17 rings (SSSR count). The van der Waals surface area contributed by atoms with Gasteiger partial charge in [0.2, 0.25) is 0 Å². The molecular formula is C73H44N6O. The molecule has 12 aromatic carbocycles. The fraction of sp³-hybridized carbons (Fsp3) is 0. The lowest BCUT2D eigenvalue weighted by Gasteiger charge is -2.16. The summed E-state index contributed by atoms with van der Waals surface area (Å²) in [4.78, 5) is 17.0. The van der Waals surface area contributed by atoms with Crippen molar-refractivity contribution in [2.45, 2.75) is 0 Å². The molecule has 0 bridgehead atoms. The molecule has 0 N–H and O–H groups in total. The quantitative estimate of drug-likeness (QED) is 0.160. The van der Waals surface area contributed by atoms with Gasteiger partial charge in [-0.15, -0.1) is 0 Å². The molecule has 0 aliphatic heterocycles. The molecule has 7 nitrogen and oxygen atoms in total. The molecule has 0 aliphatic rings. The lowest BCUT2D eigenvalue weighted by Crippen LogP contribution is -2.03. The molecule has 0 saturated carbocycles. The van der Waals surface area contributed by atoms with Crippen LogP contribution in [0.2, 0.25) is 0 Å². The minimum absolute atomic E-state index is 0.553. The van der Waals surface area contributed by atoms with E-state index in [1.165, 1.54) is 21.5 Å². The summed E-state index contributed by atoms with van der Waals surface area (Å²) in [6.07, 6.45) is 0. The van der Waals surface area contributed by atoms with E-state index in [4.69, 9.17) is 19.4 Å². The van der Waals surface area contributed by atoms with Gasteiger partial charge in [-0.05, 0) is 125 Å². The van der Waals surface area contributed by atoms with Crippen molar-refractivity contribution >= 4 is 98.1 Å². The van der Waals surface area contributed by atoms with Crippen molar-refractivity contribution in [1.82, 2.24) is 28.7 Å². The maximum atomic E-state index is 6.64. The molecule has 0 amide bonds. The van der Waals surface area contributed by atoms with E-state index in [0.29, 0.717) is 17.5 Å². The molecule has 0 saturated heterocycles. The van der Waals surface area contributed by atoms with Crippen LogP contribution in [0, 0.1) is 0 Å². The van der Waals surface area contributed by atoms with E-state index in [-0.39, 0.29) is 0 Å². The zero-order valence-corrected chi connectivity index (χ0v) is 43.0. The fourth-order valence-electron chi connectivity index (χ4n) is 12.8. The number of fused-ring (bicyclic) bond motifs is 13. The first-order chi connectivity index (χ1) is 39.7. The third-order valence-corrected chi connectivity index (χ3v) is 16.3. The van der Waals surface area contributed by atoms with E-state index in [0.717, 1.165) is 121 Å². The van der Waals surface area contributed by atoms with E-state index in [1.807, 2.05) is 12.1 Å². The fourth-order valence-corrected chi connectivity index (χ4v) is 12.8. The summed E-state index contributed by atoms with van der Waals surface area (Å²) in [7, 11) is 0. The van der Waals surface area contributed by atoms with Crippen molar-refractivity contribution in [2.24, 2.45) is 0 Å². The zero-order chi connectivity index (χ0) is 52.4. The standard InChI is InChI=1S/C73H44N6O/c1-3-21-48(22-4-1)77-62-32-14-10-27-55(62)69-57(29-17-34-64(69)77)72-74-71(75-73(76-72)58-30-18-35-65-70(58)56-28-11-15-33-63(56)78(65)49-23-5-2-6-24-49)54-40-38-50(44-59(54)47-37-39-53-52-26-12-16-36-67(52)80-68(53)43-47)79-61-31-13-9-25-51(61)60-41-45-19-7-8-20-46(45)42-66(60)79/h1-44H. The molecule has 80 heavy (non-hydrogen) atoms. The molecule has 17 aromatic rings. The number of rotatable bonds is 7. The van der Waals surface area contributed by atoms with Gasteiger partial charge in [0.1, 0.15) is 11.2 Å². The Hall–Kier alpha value is -10.9. The number of nitrogens with zero attached hydrogens (tertiary/aromatic N) is 6. The molecule has 5 aromatic heterocycles. The Bertz CT molecular complexity index is 5200. The van der Waals surface area contributed by atoms with E-state index in [2.05, 4.69) is 268 Å². The lowest BCUT2D eigenvalue weighted by atomic mass is 9.96. The van der Waals surface area contributed by atoms with Crippen LogP contribution in [-0.2, 0) is 0 Å². The van der Waals surface area contributed by atoms with Gasteiger partial charge in [0, 0.05) is 76.8 Å². The van der Waals surface area contributed by atoms with Crippen molar-refractivity contribution in [3.8, 4) is 62.4 Å². The molecule has 0 aliphatic carbocycles.